The summed E-state index contributed by atoms with van der Waals surface area (Å²) in [5, 5.41) is 2.77. The molecule has 1 aromatic rings. The first kappa shape index (κ1) is 15.0. The number of carbonyl (C=O) groups excluding carboxylic acids is 1. The highest BCUT2D eigenvalue weighted by atomic mass is 16.5. The normalized spacial score (nSPS) is 17.5. The van der Waals surface area contributed by atoms with Crippen molar-refractivity contribution in [1.29, 1.82) is 0 Å². The van der Waals surface area contributed by atoms with Gasteiger partial charge < -0.3 is 19.9 Å². The number of ether oxygens (including phenoxy) is 1. The Morgan fingerprint density at radius 3 is 2.81 bits per heavy atom. The van der Waals surface area contributed by atoms with Crippen LogP contribution < -0.4 is 26.4 Å². The lowest BCUT2D eigenvalue weighted by Crippen LogP contribution is -2.37. The summed E-state index contributed by atoms with van der Waals surface area (Å²) in [5.74, 6) is 6.72. The van der Waals surface area contributed by atoms with Crippen LogP contribution in [0.25, 0.3) is 0 Å². The number of anilines is 3. The number of rotatable bonds is 4. The van der Waals surface area contributed by atoms with Gasteiger partial charge in [0.1, 0.15) is 0 Å². The lowest BCUT2D eigenvalue weighted by molar-refractivity contribution is 0.167. The first-order valence-corrected chi connectivity index (χ1v) is 6.53. The Balaban J connectivity index is 2.12. The van der Waals surface area contributed by atoms with E-state index in [2.05, 4.69) is 30.4 Å². The van der Waals surface area contributed by atoms with Crippen LogP contribution in [-0.4, -0.2) is 61.4 Å². The summed E-state index contributed by atoms with van der Waals surface area (Å²) in [5.41, 5.74) is 2.43. The number of carbonyl (C=O) groups is 1. The van der Waals surface area contributed by atoms with Crippen LogP contribution in [0.5, 0.6) is 0 Å². The minimum Gasteiger partial charge on any atom is -0.453 e. The van der Waals surface area contributed by atoms with Gasteiger partial charge in [-0.3, -0.25) is 5.43 Å². The second kappa shape index (κ2) is 6.39. The topological polar surface area (TPSA) is 122 Å². The second-order valence-corrected chi connectivity index (χ2v) is 4.87. The number of nitrogens with one attached hydrogen (secondary N) is 2. The molecule has 0 bridgehead atoms. The number of hydrogen-bond donors (Lipinski definition) is 3. The van der Waals surface area contributed by atoms with Gasteiger partial charge in [-0.1, -0.05) is 0 Å². The van der Waals surface area contributed by atoms with Gasteiger partial charge in [0.15, 0.2) is 0 Å². The molecule has 1 unspecified atom stereocenters. The third-order valence-corrected chi connectivity index (χ3v) is 3.12. The van der Waals surface area contributed by atoms with E-state index in [4.69, 9.17) is 5.84 Å². The zero-order chi connectivity index (χ0) is 15.4. The smallest absolute Gasteiger partial charge is 0.407 e. The first-order valence-electron chi connectivity index (χ1n) is 6.53. The average molecular weight is 296 g/mol. The molecule has 1 amide bonds. The molecular weight excluding hydrogens is 276 g/mol. The third kappa shape index (κ3) is 3.60. The Labute approximate surface area is 122 Å². The Morgan fingerprint density at radius 1 is 1.43 bits per heavy atom. The maximum atomic E-state index is 11.2. The molecule has 0 aliphatic carbocycles. The number of nitrogens with two attached hydrogens (primary N) is 1. The standard InChI is InChI=1S/C11H20N8O2/c1-18(2)9-14-8(17-12)15-10(16-9)19-5-4-7(6-19)13-11(20)21-3/h7H,4-6,12H2,1-3H3,(H,13,20)(H,14,15,16,17). The number of nitrogen functional groups attached to an aromatic ring is 1. The lowest BCUT2D eigenvalue weighted by atomic mass is 10.3. The van der Waals surface area contributed by atoms with Gasteiger partial charge in [-0.15, -0.1) is 0 Å². The maximum Gasteiger partial charge on any atom is 0.407 e. The molecule has 4 N–H and O–H groups in total. The van der Waals surface area contributed by atoms with Crippen molar-refractivity contribution in [3.8, 4) is 0 Å². The van der Waals surface area contributed by atoms with E-state index in [1.165, 1.54) is 7.11 Å². The second-order valence-electron chi connectivity index (χ2n) is 4.87. The molecule has 1 fully saturated rings. The summed E-state index contributed by atoms with van der Waals surface area (Å²) in [6, 6.07) is 0.00584. The molecule has 0 spiro atoms. The largest absolute Gasteiger partial charge is 0.453 e. The van der Waals surface area contributed by atoms with E-state index in [9.17, 15) is 4.79 Å². The van der Waals surface area contributed by atoms with Gasteiger partial charge in [-0.2, -0.15) is 15.0 Å². The molecular formula is C11H20N8O2. The van der Waals surface area contributed by atoms with Crippen LogP contribution in [0.3, 0.4) is 0 Å². The van der Waals surface area contributed by atoms with Crippen molar-refractivity contribution in [1.82, 2.24) is 20.3 Å². The Bertz CT molecular complexity index is 509. The van der Waals surface area contributed by atoms with Gasteiger partial charge in [0, 0.05) is 27.2 Å². The van der Waals surface area contributed by atoms with Crippen LogP contribution in [0.2, 0.25) is 0 Å². The Hall–Kier alpha value is -2.36. The molecule has 10 heteroatoms. The van der Waals surface area contributed by atoms with Gasteiger partial charge in [-0.25, -0.2) is 10.6 Å². The molecule has 21 heavy (non-hydrogen) atoms. The molecule has 2 heterocycles. The number of alkyl carbamates (subject to hydrolysis) is 1. The minimum atomic E-state index is -0.434. The van der Waals surface area contributed by atoms with E-state index < -0.39 is 6.09 Å². The highest BCUT2D eigenvalue weighted by Gasteiger charge is 2.26. The molecule has 10 nitrogen and oxygen atoms in total. The summed E-state index contributed by atoms with van der Waals surface area (Å²) in [7, 11) is 5.02. The molecule has 0 saturated carbocycles. The summed E-state index contributed by atoms with van der Waals surface area (Å²) < 4.78 is 4.60. The number of methoxy groups -OCH3 is 1. The summed E-state index contributed by atoms with van der Waals surface area (Å²) in [4.78, 5) is 27.8. The van der Waals surface area contributed by atoms with Gasteiger partial charge in [0.25, 0.3) is 0 Å². The van der Waals surface area contributed by atoms with Gasteiger partial charge in [0.2, 0.25) is 17.8 Å². The molecule has 1 saturated heterocycles. The van der Waals surface area contributed by atoms with Crippen molar-refractivity contribution in [2.75, 3.05) is 49.5 Å². The zero-order valence-electron chi connectivity index (χ0n) is 12.3. The van der Waals surface area contributed by atoms with Crippen LogP contribution in [0, 0.1) is 0 Å². The number of amides is 1. The van der Waals surface area contributed by atoms with Crippen molar-refractivity contribution in [3.63, 3.8) is 0 Å². The van der Waals surface area contributed by atoms with Crippen LogP contribution in [0.4, 0.5) is 22.6 Å². The minimum absolute atomic E-state index is 0.00584. The fourth-order valence-electron chi connectivity index (χ4n) is 2.05. The SMILES string of the molecule is COC(=O)NC1CCN(c2nc(NN)nc(N(C)C)n2)C1. The van der Waals surface area contributed by atoms with Crippen molar-refractivity contribution < 1.29 is 9.53 Å². The summed E-state index contributed by atoms with van der Waals surface area (Å²) >= 11 is 0. The van der Waals surface area contributed by atoms with Crippen LogP contribution in [0.15, 0.2) is 0 Å². The number of hydrazine groups is 1. The molecule has 1 aromatic heterocycles. The van der Waals surface area contributed by atoms with Crippen molar-refractivity contribution in [3.05, 3.63) is 0 Å². The highest BCUT2D eigenvalue weighted by Crippen LogP contribution is 2.19. The van der Waals surface area contributed by atoms with Gasteiger partial charge in [0.05, 0.1) is 13.2 Å². The molecule has 2 rings (SSSR count). The van der Waals surface area contributed by atoms with Crippen molar-refractivity contribution in [2.45, 2.75) is 12.5 Å². The average Bonchev–Trinajstić information content (AvgIpc) is 2.94. The summed E-state index contributed by atoms with van der Waals surface area (Å²) in [6.45, 7) is 1.34. The summed E-state index contributed by atoms with van der Waals surface area (Å²) in [6.07, 6.45) is 0.361. The quantitative estimate of drug-likeness (QED) is 0.482. The van der Waals surface area contributed by atoms with Crippen molar-refractivity contribution >= 4 is 23.9 Å². The Kier molecular flexibility index (Phi) is 4.58. The number of aromatic nitrogens is 3. The monoisotopic (exact) mass is 296 g/mol. The van der Waals surface area contributed by atoms with Crippen LogP contribution in [-0.2, 0) is 4.74 Å². The number of nitrogens with zero attached hydrogens (tertiary/aromatic N) is 5. The molecule has 1 aliphatic heterocycles. The fraction of sp³-hybridized carbons (Fsp3) is 0.636. The third-order valence-electron chi connectivity index (χ3n) is 3.12. The zero-order valence-corrected chi connectivity index (χ0v) is 12.3. The van der Waals surface area contributed by atoms with E-state index >= 15 is 0 Å². The van der Waals surface area contributed by atoms with E-state index in [-0.39, 0.29) is 6.04 Å². The van der Waals surface area contributed by atoms with E-state index in [1.807, 2.05) is 19.0 Å². The first-order chi connectivity index (χ1) is 10.0. The van der Waals surface area contributed by atoms with E-state index in [1.54, 1.807) is 4.90 Å². The molecule has 1 aliphatic rings. The molecule has 0 radical (unpaired) electrons. The van der Waals surface area contributed by atoms with Gasteiger partial charge in [-0.05, 0) is 6.42 Å². The van der Waals surface area contributed by atoms with Crippen molar-refractivity contribution in [2.24, 2.45) is 5.84 Å². The lowest BCUT2D eigenvalue weighted by Gasteiger charge is -2.19. The molecule has 116 valence electrons. The van der Waals surface area contributed by atoms with E-state index in [0.717, 1.165) is 13.0 Å². The predicted molar refractivity (Wildman–Crippen MR) is 78.1 cm³/mol. The molecule has 1 atom stereocenters. The van der Waals surface area contributed by atoms with Gasteiger partial charge >= 0.3 is 6.09 Å². The van der Waals surface area contributed by atoms with Crippen LogP contribution >= 0.6 is 0 Å². The van der Waals surface area contributed by atoms with Crippen LogP contribution in [0.1, 0.15) is 6.42 Å². The fourth-order valence-corrected chi connectivity index (χ4v) is 2.05. The Morgan fingerprint density at radius 2 is 2.19 bits per heavy atom. The highest BCUT2D eigenvalue weighted by molar-refractivity contribution is 5.67. The number of hydrogen-bond acceptors (Lipinski definition) is 9. The molecule has 0 aromatic carbocycles. The van der Waals surface area contributed by atoms with E-state index in [0.29, 0.717) is 24.4 Å². The predicted octanol–water partition coefficient (Wildman–Crippen LogP) is -0.842. The maximum absolute atomic E-state index is 11.2.